The molecule has 4 aromatic rings. The Morgan fingerprint density at radius 3 is 2.60 bits per heavy atom. The van der Waals surface area contributed by atoms with E-state index >= 15 is 0 Å². The molecule has 1 saturated heterocycles. The number of carbonyl (C=O) groups is 2. The summed E-state index contributed by atoms with van der Waals surface area (Å²) in [7, 11) is 2.85. The van der Waals surface area contributed by atoms with E-state index in [4.69, 9.17) is 21.7 Å². The molecule has 40 heavy (non-hydrogen) atoms. The van der Waals surface area contributed by atoms with Gasteiger partial charge in [0.05, 0.1) is 24.4 Å². The third kappa shape index (κ3) is 5.31. The van der Waals surface area contributed by atoms with Crippen molar-refractivity contribution in [2.24, 2.45) is 0 Å². The molecule has 10 heteroatoms. The zero-order valence-corrected chi connectivity index (χ0v) is 23.1. The van der Waals surface area contributed by atoms with Crippen LogP contribution in [-0.4, -0.2) is 47.4 Å². The molecule has 1 amide bonds. The fraction of sp³-hybridized carbons (Fsp3) is 0.200. The van der Waals surface area contributed by atoms with Crippen LogP contribution in [0.3, 0.4) is 0 Å². The zero-order valence-electron chi connectivity index (χ0n) is 22.3. The predicted molar refractivity (Wildman–Crippen MR) is 157 cm³/mol. The van der Waals surface area contributed by atoms with Gasteiger partial charge in [-0.25, -0.2) is 4.79 Å². The van der Waals surface area contributed by atoms with Crippen molar-refractivity contribution in [2.75, 3.05) is 31.0 Å². The number of rotatable bonds is 8. The average molecular weight is 556 g/mol. The molecule has 0 spiro atoms. The lowest BCUT2D eigenvalue weighted by Crippen LogP contribution is -2.30. The molecule has 0 radical (unpaired) electrons. The second kappa shape index (κ2) is 11.7. The molecule has 0 saturated carbocycles. The van der Waals surface area contributed by atoms with Gasteiger partial charge in [0.15, 0.2) is 5.11 Å². The van der Waals surface area contributed by atoms with Crippen molar-refractivity contribution in [3.05, 3.63) is 108 Å². The molecule has 1 fully saturated rings. The molecule has 0 aliphatic carbocycles. The molecule has 1 aliphatic rings. The third-order valence-corrected chi connectivity index (χ3v) is 7.08. The van der Waals surface area contributed by atoms with Crippen LogP contribution < -0.4 is 15.5 Å². The normalized spacial score (nSPS) is 16.5. The predicted octanol–water partition coefficient (Wildman–Crippen LogP) is 4.73. The van der Waals surface area contributed by atoms with Crippen molar-refractivity contribution in [1.29, 1.82) is 0 Å². The summed E-state index contributed by atoms with van der Waals surface area (Å²) in [4.78, 5) is 31.1. The van der Waals surface area contributed by atoms with Crippen LogP contribution in [0.5, 0.6) is 0 Å². The van der Waals surface area contributed by atoms with Gasteiger partial charge in [0.25, 0.3) is 0 Å². The van der Waals surface area contributed by atoms with Gasteiger partial charge < -0.3 is 29.6 Å². The summed E-state index contributed by atoms with van der Waals surface area (Å²) in [6, 6.07) is 22.4. The van der Waals surface area contributed by atoms with E-state index in [2.05, 4.69) is 20.5 Å². The Kier molecular flexibility index (Phi) is 7.90. The van der Waals surface area contributed by atoms with Gasteiger partial charge in [0.2, 0.25) is 5.91 Å². The summed E-state index contributed by atoms with van der Waals surface area (Å²) in [6.07, 6.45) is 3.72. The molecule has 204 valence electrons. The Morgan fingerprint density at radius 1 is 1.02 bits per heavy atom. The van der Waals surface area contributed by atoms with E-state index in [-0.39, 0.29) is 24.6 Å². The van der Waals surface area contributed by atoms with Crippen molar-refractivity contribution in [2.45, 2.75) is 19.0 Å². The number of aryl methyl sites for hydroxylation is 1. The van der Waals surface area contributed by atoms with Crippen molar-refractivity contribution >= 4 is 40.6 Å². The van der Waals surface area contributed by atoms with Crippen LogP contribution in [0.4, 0.5) is 11.4 Å². The van der Waals surface area contributed by atoms with Crippen LogP contribution in [0.1, 0.15) is 39.4 Å². The smallest absolute Gasteiger partial charge is 0.337 e. The molecule has 0 bridgehead atoms. The van der Waals surface area contributed by atoms with Crippen LogP contribution in [0, 0.1) is 6.92 Å². The highest BCUT2D eigenvalue weighted by Crippen LogP contribution is 2.43. The van der Waals surface area contributed by atoms with Gasteiger partial charge in [-0.1, -0.05) is 12.1 Å². The minimum atomic E-state index is -0.402. The number of esters is 1. The maximum absolute atomic E-state index is 12.2. The molecule has 9 nitrogen and oxygen atoms in total. The monoisotopic (exact) mass is 555 g/mol. The Balaban J connectivity index is 1.59. The molecule has 2 aromatic heterocycles. The van der Waals surface area contributed by atoms with Gasteiger partial charge in [-0.15, -0.1) is 0 Å². The van der Waals surface area contributed by atoms with E-state index in [9.17, 15) is 9.59 Å². The SMILES string of the molecule is COCC(=O)Nc1ccc(N2C(=S)N[C@@H](c3ccccn3)[C@H]2c2cccn2-c2cccc(C(=O)OC)c2)cc1C. The number of nitrogens with zero attached hydrogens (tertiary/aromatic N) is 3. The topological polar surface area (TPSA) is 97.7 Å². The number of ether oxygens (including phenoxy) is 2. The van der Waals surface area contributed by atoms with Gasteiger partial charge in [-0.05, 0) is 85.4 Å². The molecule has 2 aromatic carbocycles. The molecule has 1 aliphatic heterocycles. The van der Waals surface area contributed by atoms with E-state index in [1.54, 1.807) is 18.3 Å². The summed E-state index contributed by atoms with van der Waals surface area (Å²) < 4.78 is 11.9. The van der Waals surface area contributed by atoms with Crippen molar-refractivity contribution in [1.82, 2.24) is 14.9 Å². The Bertz CT molecular complexity index is 1550. The van der Waals surface area contributed by atoms with Crippen LogP contribution in [-0.2, 0) is 14.3 Å². The summed E-state index contributed by atoms with van der Waals surface area (Å²) >= 11 is 5.89. The first-order valence-corrected chi connectivity index (χ1v) is 13.1. The maximum Gasteiger partial charge on any atom is 0.337 e. The molecular weight excluding hydrogens is 526 g/mol. The molecule has 3 heterocycles. The summed E-state index contributed by atoms with van der Waals surface area (Å²) in [6.45, 7) is 1.91. The number of nitrogens with one attached hydrogen (secondary N) is 2. The second-order valence-electron chi connectivity index (χ2n) is 9.32. The van der Waals surface area contributed by atoms with E-state index in [0.29, 0.717) is 16.4 Å². The molecule has 5 rings (SSSR count). The minimum Gasteiger partial charge on any atom is -0.465 e. The first-order chi connectivity index (χ1) is 19.4. The number of benzene rings is 2. The number of methoxy groups -OCH3 is 2. The molecule has 0 unspecified atom stereocenters. The lowest BCUT2D eigenvalue weighted by molar-refractivity contribution is -0.119. The van der Waals surface area contributed by atoms with Crippen molar-refractivity contribution < 1.29 is 19.1 Å². The highest BCUT2D eigenvalue weighted by molar-refractivity contribution is 7.80. The number of carbonyl (C=O) groups excluding carboxylic acids is 2. The summed E-state index contributed by atoms with van der Waals surface area (Å²) in [5.41, 5.74) is 5.50. The lowest BCUT2D eigenvalue weighted by Gasteiger charge is -2.29. The summed E-state index contributed by atoms with van der Waals surface area (Å²) in [5, 5.41) is 6.91. The van der Waals surface area contributed by atoms with Crippen molar-refractivity contribution in [3.8, 4) is 5.69 Å². The number of anilines is 2. The third-order valence-electron chi connectivity index (χ3n) is 6.76. The Labute approximate surface area is 237 Å². The van der Waals surface area contributed by atoms with E-state index in [1.807, 2.05) is 78.4 Å². The largest absolute Gasteiger partial charge is 0.465 e. The number of aromatic nitrogens is 2. The average Bonchev–Trinajstić information content (AvgIpc) is 3.58. The molecular formula is C30H29N5O4S. The van der Waals surface area contributed by atoms with Gasteiger partial charge >= 0.3 is 5.97 Å². The van der Waals surface area contributed by atoms with Gasteiger partial charge in [-0.2, -0.15) is 0 Å². The van der Waals surface area contributed by atoms with Gasteiger partial charge in [0.1, 0.15) is 12.6 Å². The van der Waals surface area contributed by atoms with Crippen LogP contribution in [0.2, 0.25) is 0 Å². The van der Waals surface area contributed by atoms with E-state index < -0.39 is 5.97 Å². The van der Waals surface area contributed by atoms with E-state index in [0.717, 1.165) is 28.3 Å². The number of pyridine rings is 1. The number of thiocarbonyl (C=S) groups is 1. The fourth-order valence-electron chi connectivity index (χ4n) is 4.96. The van der Waals surface area contributed by atoms with Crippen molar-refractivity contribution in [3.63, 3.8) is 0 Å². The minimum absolute atomic E-state index is 0.0245. The first kappa shape index (κ1) is 27.0. The van der Waals surface area contributed by atoms with Gasteiger partial charge in [0, 0.05) is 42.3 Å². The number of hydrogen-bond acceptors (Lipinski definition) is 6. The zero-order chi connectivity index (χ0) is 28.2. The number of amides is 1. The maximum atomic E-state index is 12.2. The van der Waals surface area contributed by atoms with Crippen LogP contribution >= 0.6 is 12.2 Å². The van der Waals surface area contributed by atoms with Crippen LogP contribution in [0.15, 0.2) is 85.2 Å². The molecule has 2 N–H and O–H groups in total. The second-order valence-corrected chi connectivity index (χ2v) is 9.71. The van der Waals surface area contributed by atoms with E-state index in [1.165, 1.54) is 14.2 Å². The highest BCUT2D eigenvalue weighted by atomic mass is 32.1. The summed E-state index contributed by atoms with van der Waals surface area (Å²) in [5.74, 6) is -0.628. The fourth-order valence-corrected chi connectivity index (χ4v) is 5.31. The first-order valence-electron chi connectivity index (χ1n) is 12.7. The highest BCUT2D eigenvalue weighted by Gasteiger charge is 2.42. The Morgan fingerprint density at radius 2 is 1.88 bits per heavy atom. The molecule has 2 atom stereocenters. The van der Waals surface area contributed by atoms with Gasteiger partial charge in [-0.3, -0.25) is 9.78 Å². The quantitative estimate of drug-likeness (QED) is 0.238. The van der Waals surface area contributed by atoms with Crippen LogP contribution in [0.25, 0.3) is 5.69 Å². The lowest BCUT2D eigenvalue weighted by atomic mass is 10.00. The number of hydrogen-bond donors (Lipinski definition) is 2. The Hall–Kier alpha value is -4.54. The standard InChI is InChI=1S/C30H29N5O4S/c1-19-16-22(12-13-23(19)32-26(36)18-38-2)35-28(27(33-30(35)40)24-10-4-5-14-31-24)25-11-7-15-34(25)21-9-6-8-20(17-21)29(37)39-3/h4-17,27-28H,18H2,1-3H3,(H,32,36)(H,33,40)/t27-,28+/m0/s1.